The Morgan fingerprint density at radius 1 is 1.17 bits per heavy atom. The van der Waals surface area contributed by atoms with Crippen LogP contribution >= 0.6 is 35.6 Å². The molecule has 0 bridgehead atoms. The minimum Gasteiger partial charge on any atom is -0.356 e. The molecular formula is C15H26ClIN4O2S. The highest BCUT2D eigenvalue weighted by Gasteiger charge is 2.13. The number of aliphatic imine (C=N–C) groups is 1. The molecular weight excluding hydrogens is 463 g/mol. The lowest BCUT2D eigenvalue weighted by Gasteiger charge is -2.12. The first-order chi connectivity index (χ1) is 11.0. The van der Waals surface area contributed by atoms with E-state index in [1.165, 1.54) is 25.0 Å². The van der Waals surface area contributed by atoms with Gasteiger partial charge in [-0.25, -0.2) is 13.1 Å². The summed E-state index contributed by atoms with van der Waals surface area (Å²) in [4.78, 5) is 4.25. The Hall–Kier alpha value is -0.580. The van der Waals surface area contributed by atoms with Gasteiger partial charge in [-0.05, 0) is 24.6 Å². The third-order valence-corrected chi connectivity index (χ3v) is 4.81. The first kappa shape index (κ1) is 23.4. The van der Waals surface area contributed by atoms with Gasteiger partial charge in [-0.1, -0.05) is 37.4 Å². The normalized spacial score (nSPS) is 11.7. The van der Waals surface area contributed by atoms with Crippen molar-refractivity contribution < 1.29 is 8.42 Å². The Labute approximate surface area is 166 Å². The van der Waals surface area contributed by atoms with Crippen molar-refractivity contribution in [1.82, 2.24) is 15.4 Å². The van der Waals surface area contributed by atoms with Crippen molar-refractivity contribution in [2.45, 2.75) is 31.1 Å². The second kappa shape index (κ2) is 12.7. The van der Waals surface area contributed by atoms with Crippen molar-refractivity contribution in [1.29, 1.82) is 0 Å². The van der Waals surface area contributed by atoms with Gasteiger partial charge in [-0.3, -0.25) is 4.99 Å². The number of guanidine groups is 1. The van der Waals surface area contributed by atoms with E-state index in [1.54, 1.807) is 19.2 Å². The Morgan fingerprint density at radius 3 is 2.50 bits per heavy atom. The molecule has 3 N–H and O–H groups in total. The van der Waals surface area contributed by atoms with Crippen molar-refractivity contribution in [3.8, 4) is 0 Å². The maximum atomic E-state index is 12.1. The van der Waals surface area contributed by atoms with Crippen LogP contribution in [-0.2, 0) is 10.0 Å². The Bertz CT molecular complexity index is 611. The maximum absolute atomic E-state index is 12.1. The molecule has 6 nitrogen and oxygen atoms in total. The van der Waals surface area contributed by atoms with Gasteiger partial charge in [0.25, 0.3) is 0 Å². The lowest BCUT2D eigenvalue weighted by Crippen LogP contribution is -2.41. The summed E-state index contributed by atoms with van der Waals surface area (Å²) < 4.78 is 26.7. The van der Waals surface area contributed by atoms with Crippen molar-refractivity contribution in [2.24, 2.45) is 4.99 Å². The zero-order valence-corrected chi connectivity index (χ0v) is 17.9. The lowest BCUT2D eigenvalue weighted by molar-refractivity contribution is 0.580. The molecule has 0 heterocycles. The monoisotopic (exact) mass is 488 g/mol. The van der Waals surface area contributed by atoms with Gasteiger partial charge >= 0.3 is 0 Å². The van der Waals surface area contributed by atoms with E-state index in [1.807, 2.05) is 0 Å². The van der Waals surface area contributed by atoms with Crippen LogP contribution in [0.5, 0.6) is 0 Å². The van der Waals surface area contributed by atoms with Gasteiger partial charge in [0.05, 0.1) is 4.90 Å². The van der Waals surface area contributed by atoms with Crippen molar-refractivity contribution in [3.05, 3.63) is 29.3 Å². The molecule has 0 saturated heterocycles. The summed E-state index contributed by atoms with van der Waals surface area (Å²) in [6.45, 7) is 3.69. The second-order valence-corrected chi connectivity index (χ2v) is 7.19. The van der Waals surface area contributed by atoms with Gasteiger partial charge in [-0.15, -0.1) is 24.0 Å². The van der Waals surface area contributed by atoms with E-state index in [9.17, 15) is 8.42 Å². The molecule has 0 amide bonds. The topological polar surface area (TPSA) is 82.6 Å². The van der Waals surface area contributed by atoms with E-state index in [2.05, 4.69) is 27.3 Å². The number of unbranched alkanes of at least 4 members (excludes halogenated alkanes) is 2. The predicted molar refractivity (Wildman–Crippen MR) is 111 cm³/mol. The van der Waals surface area contributed by atoms with E-state index in [0.717, 1.165) is 13.0 Å². The smallest absolute Gasteiger partial charge is 0.240 e. The number of sulfonamides is 1. The number of halogens is 2. The zero-order chi connectivity index (χ0) is 17.1. The summed E-state index contributed by atoms with van der Waals surface area (Å²) in [6, 6.07) is 6.18. The van der Waals surface area contributed by atoms with E-state index in [0.29, 0.717) is 17.5 Å². The fourth-order valence-corrected chi connectivity index (χ4v) is 3.22. The molecule has 0 spiro atoms. The Kier molecular flexibility index (Phi) is 12.4. The Balaban J connectivity index is 0.00000529. The largest absolute Gasteiger partial charge is 0.356 e. The SMILES string of the molecule is CCCCCNC(=NC)NCCNS(=O)(=O)c1cccc(Cl)c1.I. The molecule has 0 aliphatic heterocycles. The quantitative estimate of drug-likeness (QED) is 0.216. The standard InChI is InChI=1S/C15H25ClN4O2S.HI/c1-3-4-5-9-18-15(17-2)19-10-11-20-23(21,22)14-8-6-7-13(16)12-14;/h6-8,12,20H,3-5,9-11H2,1-2H3,(H2,17,18,19);1H. The van der Waals surface area contributed by atoms with Crippen LogP contribution in [0.1, 0.15) is 26.2 Å². The fraction of sp³-hybridized carbons (Fsp3) is 0.533. The molecule has 0 fully saturated rings. The third-order valence-electron chi connectivity index (χ3n) is 3.11. The van der Waals surface area contributed by atoms with Gasteiger partial charge in [0.2, 0.25) is 10.0 Å². The lowest BCUT2D eigenvalue weighted by atomic mass is 10.2. The van der Waals surface area contributed by atoms with Gasteiger partial charge in [0.15, 0.2) is 5.96 Å². The number of hydrogen-bond acceptors (Lipinski definition) is 3. The van der Waals surface area contributed by atoms with Crippen molar-refractivity contribution >= 4 is 51.6 Å². The third kappa shape index (κ3) is 9.05. The summed E-state index contributed by atoms with van der Waals surface area (Å²) in [6.07, 6.45) is 3.42. The summed E-state index contributed by atoms with van der Waals surface area (Å²) in [5.74, 6) is 0.669. The van der Waals surface area contributed by atoms with Gasteiger partial charge < -0.3 is 10.6 Å². The van der Waals surface area contributed by atoms with Gasteiger partial charge in [-0.2, -0.15) is 0 Å². The van der Waals surface area contributed by atoms with Crippen LogP contribution in [0.2, 0.25) is 5.02 Å². The highest BCUT2D eigenvalue weighted by atomic mass is 127. The van der Waals surface area contributed by atoms with Gasteiger partial charge in [0, 0.05) is 31.7 Å². The fourth-order valence-electron chi connectivity index (χ4n) is 1.89. The summed E-state index contributed by atoms with van der Waals surface area (Å²) in [7, 11) is -1.86. The van der Waals surface area contributed by atoms with E-state index in [4.69, 9.17) is 11.6 Å². The summed E-state index contributed by atoms with van der Waals surface area (Å²) in [5.41, 5.74) is 0. The molecule has 0 atom stereocenters. The van der Waals surface area contributed by atoms with Crippen LogP contribution in [0.3, 0.4) is 0 Å². The molecule has 1 aromatic carbocycles. The first-order valence-electron chi connectivity index (χ1n) is 7.69. The first-order valence-corrected chi connectivity index (χ1v) is 9.55. The highest BCUT2D eigenvalue weighted by molar-refractivity contribution is 14.0. The van der Waals surface area contributed by atoms with Crippen LogP contribution in [0, 0.1) is 0 Å². The maximum Gasteiger partial charge on any atom is 0.240 e. The average Bonchev–Trinajstić information content (AvgIpc) is 2.53. The molecule has 0 saturated carbocycles. The molecule has 0 radical (unpaired) electrons. The van der Waals surface area contributed by atoms with Crippen LogP contribution in [0.25, 0.3) is 0 Å². The molecule has 0 aromatic heterocycles. The molecule has 0 aliphatic carbocycles. The van der Waals surface area contributed by atoms with Crippen LogP contribution in [0.4, 0.5) is 0 Å². The number of rotatable bonds is 9. The molecule has 24 heavy (non-hydrogen) atoms. The number of nitrogens with one attached hydrogen (secondary N) is 3. The molecule has 1 aromatic rings. The van der Waals surface area contributed by atoms with Crippen LogP contribution in [0.15, 0.2) is 34.2 Å². The van der Waals surface area contributed by atoms with Crippen molar-refractivity contribution in [2.75, 3.05) is 26.7 Å². The predicted octanol–water partition coefficient (Wildman–Crippen LogP) is 2.59. The van der Waals surface area contributed by atoms with Gasteiger partial charge in [0.1, 0.15) is 0 Å². The summed E-state index contributed by atoms with van der Waals surface area (Å²) >= 11 is 5.81. The van der Waals surface area contributed by atoms with E-state index < -0.39 is 10.0 Å². The number of benzene rings is 1. The molecule has 0 aliphatic rings. The van der Waals surface area contributed by atoms with Crippen LogP contribution in [-0.4, -0.2) is 41.1 Å². The summed E-state index contributed by atoms with van der Waals surface area (Å²) in [5, 5.41) is 6.64. The second-order valence-electron chi connectivity index (χ2n) is 4.99. The highest BCUT2D eigenvalue weighted by Crippen LogP contribution is 2.14. The minimum absolute atomic E-state index is 0. The molecule has 1 rings (SSSR count). The Morgan fingerprint density at radius 2 is 1.88 bits per heavy atom. The van der Waals surface area contributed by atoms with Crippen LogP contribution < -0.4 is 15.4 Å². The molecule has 138 valence electrons. The average molecular weight is 489 g/mol. The molecule has 9 heteroatoms. The zero-order valence-electron chi connectivity index (χ0n) is 14.0. The minimum atomic E-state index is -3.55. The van der Waals surface area contributed by atoms with E-state index >= 15 is 0 Å². The molecule has 0 unspecified atom stereocenters. The number of hydrogen-bond donors (Lipinski definition) is 3. The van der Waals surface area contributed by atoms with E-state index in [-0.39, 0.29) is 35.4 Å². The number of nitrogens with zero attached hydrogens (tertiary/aromatic N) is 1. The van der Waals surface area contributed by atoms with Crippen molar-refractivity contribution in [3.63, 3.8) is 0 Å².